The molecular weight excluding hydrogens is 278 g/mol. The van der Waals surface area contributed by atoms with Crippen molar-refractivity contribution in [1.82, 2.24) is 15.2 Å². The Kier molecular flexibility index (Phi) is 4.57. The average molecular weight is 301 g/mol. The van der Waals surface area contributed by atoms with Gasteiger partial charge in [0, 0.05) is 43.8 Å². The molecule has 0 aliphatic carbocycles. The number of aromatic nitrogens is 1. The van der Waals surface area contributed by atoms with E-state index in [9.17, 15) is 5.11 Å². The summed E-state index contributed by atoms with van der Waals surface area (Å²) in [6.07, 6.45) is 1.21. The van der Waals surface area contributed by atoms with E-state index in [1.807, 2.05) is 24.3 Å². The van der Waals surface area contributed by atoms with Gasteiger partial charge in [-0.25, -0.2) is 0 Å². The van der Waals surface area contributed by atoms with E-state index >= 15 is 0 Å². The fourth-order valence-corrected chi connectivity index (χ4v) is 3.14. The molecule has 3 rings (SSSR count). The Morgan fingerprint density at radius 1 is 1.27 bits per heavy atom. The fraction of sp³-hybridized carbons (Fsp3) is 0.471. The second-order valence-corrected chi connectivity index (χ2v) is 5.73. The number of aliphatic hydroxyl groups is 1. The van der Waals surface area contributed by atoms with E-state index < -0.39 is 6.10 Å². The number of fused-ring (bicyclic) bond motifs is 1. The molecule has 2 heterocycles. The number of hydrogen-bond donors (Lipinski definition) is 2. The van der Waals surface area contributed by atoms with E-state index in [4.69, 9.17) is 4.74 Å². The first-order valence-corrected chi connectivity index (χ1v) is 7.77. The van der Waals surface area contributed by atoms with Crippen LogP contribution in [0.3, 0.4) is 0 Å². The van der Waals surface area contributed by atoms with Gasteiger partial charge in [-0.15, -0.1) is 0 Å². The van der Waals surface area contributed by atoms with Gasteiger partial charge in [0.1, 0.15) is 11.3 Å². The summed E-state index contributed by atoms with van der Waals surface area (Å²) in [6.45, 7) is 5.96. The molecule has 0 radical (unpaired) electrons. The Bertz CT molecular complexity index is 641. The SMILES string of the molecule is COc1ccc(C(O)C(C)N2CCNCC2)c2cccnc12. The zero-order valence-electron chi connectivity index (χ0n) is 13.1. The van der Waals surface area contributed by atoms with Crippen LogP contribution in [0.5, 0.6) is 5.75 Å². The Morgan fingerprint density at radius 2 is 2.05 bits per heavy atom. The molecule has 1 aromatic carbocycles. The predicted molar refractivity (Wildman–Crippen MR) is 87.2 cm³/mol. The quantitative estimate of drug-likeness (QED) is 0.898. The third kappa shape index (κ3) is 2.79. The molecule has 1 fully saturated rings. The van der Waals surface area contributed by atoms with E-state index in [2.05, 4.69) is 22.1 Å². The molecule has 5 heteroatoms. The van der Waals surface area contributed by atoms with Crippen molar-refractivity contribution in [2.45, 2.75) is 19.1 Å². The van der Waals surface area contributed by atoms with Gasteiger partial charge in [-0.05, 0) is 24.6 Å². The molecule has 1 aliphatic rings. The number of methoxy groups -OCH3 is 1. The first-order valence-electron chi connectivity index (χ1n) is 7.77. The van der Waals surface area contributed by atoms with Crippen molar-refractivity contribution in [3.8, 4) is 5.75 Å². The van der Waals surface area contributed by atoms with Gasteiger partial charge in [-0.1, -0.05) is 12.1 Å². The van der Waals surface area contributed by atoms with E-state index in [1.165, 1.54) is 0 Å². The molecule has 2 aromatic rings. The minimum Gasteiger partial charge on any atom is -0.494 e. The largest absolute Gasteiger partial charge is 0.494 e. The van der Waals surface area contributed by atoms with Gasteiger partial charge in [-0.3, -0.25) is 9.88 Å². The number of rotatable bonds is 4. The highest BCUT2D eigenvalue weighted by atomic mass is 16.5. The summed E-state index contributed by atoms with van der Waals surface area (Å²) < 4.78 is 5.38. The Balaban J connectivity index is 1.95. The molecule has 1 saturated heterocycles. The zero-order valence-corrected chi connectivity index (χ0v) is 13.1. The van der Waals surface area contributed by atoms with Crippen LogP contribution in [0.1, 0.15) is 18.6 Å². The van der Waals surface area contributed by atoms with Crippen LogP contribution in [-0.2, 0) is 0 Å². The molecule has 5 nitrogen and oxygen atoms in total. The smallest absolute Gasteiger partial charge is 0.145 e. The molecule has 2 unspecified atom stereocenters. The molecule has 1 aliphatic heterocycles. The zero-order chi connectivity index (χ0) is 15.5. The Morgan fingerprint density at radius 3 is 2.77 bits per heavy atom. The summed E-state index contributed by atoms with van der Waals surface area (Å²) in [5, 5.41) is 15.2. The molecule has 0 amide bonds. The average Bonchev–Trinajstić information content (AvgIpc) is 2.60. The summed E-state index contributed by atoms with van der Waals surface area (Å²) >= 11 is 0. The fourth-order valence-electron chi connectivity index (χ4n) is 3.14. The predicted octanol–water partition coefficient (Wildman–Crippen LogP) is 1.57. The van der Waals surface area contributed by atoms with Gasteiger partial charge in [0.2, 0.25) is 0 Å². The van der Waals surface area contributed by atoms with Gasteiger partial charge >= 0.3 is 0 Å². The second-order valence-electron chi connectivity index (χ2n) is 5.73. The van der Waals surface area contributed by atoms with Crippen molar-refractivity contribution in [1.29, 1.82) is 0 Å². The third-order valence-corrected chi connectivity index (χ3v) is 4.49. The van der Waals surface area contributed by atoms with Gasteiger partial charge in [0.05, 0.1) is 13.2 Å². The lowest BCUT2D eigenvalue weighted by Crippen LogP contribution is -2.49. The Hall–Kier alpha value is -1.69. The maximum Gasteiger partial charge on any atom is 0.145 e. The highest BCUT2D eigenvalue weighted by molar-refractivity contribution is 5.87. The van der Waals surface area contributed by atoms with E-state index in [1.54, 1.807) is 13.3 Å². The summed E-state index contributed by atoms with van der Waals surface area (Å²) in [5.74, 6) is 0.737. The number of pyridine rings is 1. The van der Waals surface area contributed by atoms with Crippen LogP contribution < -0.4 is 10.1 Å². The monoisotopic (exact) mass is 301 g/mol. The number of hydrogen-bond acceptors (Lipinski definition) is 5. The topological polar surface area (TPSA) is 57.6 Å². The minimum absolute atomic E-state index is 0.0684. The van der Waals surface area contributed by atoms with Crippen LogP contribution in [0.25, 0.3) is 10.9 Å². The standard InChI is InChI=1S/C17H23N3O2/c1-12(20-10-8-18-9-11-20)17(21)14-5-6-15(22-2)16-13(14)4-3-7-19-16/h3-7,12,17-18,21H,8-11H2,1-2H3. The number of aliphatic hydroxyl groups excluding tert-OH is 1. The van der Waals surface area contributed by atoms with Crippen LogP contribution in [0.15, 0.2) is 30.5 Å². The first kappa shape index (κ1) is 15.2. The van der Waals surface area contributed by atoms with E-state index in [0.717, 1.165) is 48.4 Å². The molecule has 1 aromatic heterocycles. The van der Waals surface area contributed by atoms with Gasteiger partial charge < -0.3 is 15.2 Å². The van der Waals surface area contributed by atoms with Crippen molar-refractivity contribution in [3.05, 3.63) is 36.0 Å². The molecule has 2 atom stereocenters. The minimum atomic E-state index is -0.546. The Labute approximate surface area is 130 Å². The summed E-state index contributed by atoms with van der Waals surface area (Å²) in [5.41, 5.74) is 1.71. The first-order chi connectivity index (χ1) is 10.7. The number of benzene rings is 1. The normalized spacial score (nSPS) is 19.0. The molecule has 2 N–H and O–H groups in total. The van der Waals surface area contributed by atoms with E-state index in [-0.39, 0.29) is 6.04 Å². The number of ether oxygens (including phenoxy) is 1. The molecule has 22 heavy (non-hydrogen) atoms. The lowest BCUT2D eigenvalue weighted by atomic mass is 9.97. The van der Waals surface area contributed by atoms with Gasteiger partial charge in [-0.2, -0.15) is 0 Å². The number of nitrogens with zero attached hydrogens (tertiary/aromatic N) is 2. The van der Waals surface area contributed by atoms with Crippen molar-refractivity contribution in [2.24, 2.45) is 0 Å². The van der Waals surface area contributed by atoms with Gasteiger partial charge in [0.25, 0.3) is 0 Å². The molecule has 0 spiro atoms. The van der Waals surface area contributed by atoms with Gasteiger partial charge in [0.15, 0.2) is 0 Å². The second kappa shape index (κ2) is 6.60. The third-order valence-electron chi connectivity index (χ3n) is 4.49. The van der Waals surface area contributed by atoms with Crippen molar-refractivity contribution in [3.63, 3.8) is 0 Å². The lowest BCUT2D eigenvalue weighted by Gasteiger charge is -2.35. The molecule has 118 valence electrons. The van der Waals surface area contributed by atoms with Crippen LogP contribution in [0.2, 0.25) is 0 Å². The highest BCUT2D eigenvalue weighted by Gasteiger charge is 2.26. The molecule has 0 bridgehead atoms. The van der Waals surface area contributed by atoms with Crippen LogP contribution in [0, 0.1) is 0 Å². The maximum atomic E-state index is 10.9. The highest BCUT2D eigenvalue weighted by Crippen LogP contribution is 2.32. The van der Waals surface area contributed by atoms with Crippen molar-refractivity contribution >= 4 is 10.9 Å². The van der Waals surface area contributed by atoms with E-state index in [0.29, 0.717) is 0 Å². The number of nitrogens with one attached hydrogen (secondary N) is 1. The summed E-state index contributed by atoms with van der Waals surface area (Å²) in [7, 11) is 1.64. The molecule has 0 saturated carbocycles. The van der Waals surface area contributed by atoms with Crippen LogP contribution in [0.4, 0.5) is 0 Å². The summed E-state index contributed by atoms with van der Waals surface area (Å²) in [4.78, 5) is 6.73. The van der Waals surface area contributed by atoms with Crippen LogP contribution >= 0.6 is 0 Å². The van der Waals surface area contributed by atoms with Crippen molar-refractivity contribution < 1.29 is 9.84 Å². The molecular formula is C17H23N3O2. The maximum absolute atomic E-state index is 10.9. The summed E-state index contributed by atoms with van der Waals surface area (Å²) in [6, 6.07) is 7.80. The van der Waals surface area contributed by atoms with Crippen molar-refractivity contribution in [2.75, 3.05) is 33.3 Å². The van der Waals surface area contributed by atoms with Crippen LogP contribution in [-0.4, -0.2) is 54.3 Å². The lowest BCUT2D eigenvalue weighted by molar-refractivity contribution is 0.0519. The number of piperazine rings is 1.